The number of carbonyl (C=O) groups excluding carboxylic acids is 1. The van der Waals surface area contributed by atoms with E-state index in [1.54, 1.807) is 0 Å². The molecule has 0 atom stereocenters. The number of nitrogens with one attached hydrogen (secondary N) is 1. The molecule has 23 heavy (non-hydrogen) atoms. The molecule has 0 radical (unpaired) electrons. The second-order valence-electron chi connectivity index (χ2n) is 5.63. The van der Waals surface area contributed by atoms with Crippen molar-refractivity contribution in [2.45, 2.75) is 19.4 Å². The van der Waals surface area contributed by atoms with Crippen LogP contribution in [0.5, 0.6) is 11.5 Å². The largest absolute Gasteiger partial charge is 0.469 e. The van der Waals surface area contributed by atoms with E-state index in [2.05, 4.69) is 10.2 Å². The van der Waals surface area contributed by atoms with Crippen LogP contribution in [0.4, 0.5) is 0 Å². The van der Waals surface area contributed by atoms with E-state index >= 15 is 0 Å². The molecule has 124 valence electrons. The predicted octanol–water partition coefficient (Wildman–Crippen LogP) is 1.67. The standard InChI is InChI=1S/C16H20N2O4S/c1-20-15(19)12-4-6-18(7-5-12)16(23)17-9-11-2-3-13-14(8-11)22-10-21-13/h2-3,8,12H,4-7,9-10H2,1H3,(H,17,23). The van der Waals surface area contributed by atoms with Crippen molar-refractivity contribution in [3.8, 4) is 11.5 Å². The number of methoxy groups -OCH3 is 1. The van der Waals surface area contributed by atoms with Crippen LogP contribution in [-0.2, 0) is 16.1 Å². The fourth-order valence-electron chi connectivity index (χ4n) is 2.83. The molecule has 0 amide bonds. The number of nitrogens with zero attached hydrogens (tertiary/aromatic N) is 1. The summed E-state index contributed by atoms with van der Waals surface area (Å²) in [5, 5.41) is 3.98. The number of benzene rings is 1. The quantitative estimate of drug-likeness (QED) is 0.665. The highest BCUT2D eigenvalue weighted by Crippen LogP contribution is 2.32. The van der Waals surface area contributed by atoms with Crippen LogP contribution in [0.1, 0.15) is 18.4 Å². The van der Waals surface area contributed by atoms with Gasteiger partial charge in [-0.05, 0) is 42.8 Å². The van der Waals surface area contributed by atoms with Gasteiger partial charge in [-0.3, -0.25) is 4.79 Å². The van der Waals surface area contributed by atoms with Gasteiger partial charge in [-0.25, -0.2) is 0 Å². The molecule has 0 aliphatic carbocycles. The lowest BCUT2D eigenvalue weighted by atomic mass is 9.97. The molecule has 2 heterocycles. The van der Waals surface area contributed by atoms with E-state index in [4.69, 9.17) is 26.4 Å². The van der Waals surface area contributed by atoms with E-state index in [1.807, 2.05) is 18.2 Å². The van der Waals surface area contributed by atoms with Crippen LogP contribution in [0.15, 0.2) is 18.2 Å². The van der Waals surface area contributed by atoms with Crippen molar-refractivity contribution >= 4 is 23.3 Å². The Kier molecular flexibility index (Phi) is 4.85. The second kappa shape index (κ2) is 7.04. The first-order valence-corrected chi connectivity index (χ1v) is 8.07. The van der Waals surface area contributed by atoms with Crippen LogP contribution in [0, 0.1) is 5.92 Å². The van der Waals surface area contributed by atoms with Gasteiger partial charge in [0.15, 0.2) is 16.6 Å². The Morgan fingerprint density at radius 1 is 1.35 bits per heavy atom. The van der Waals surface area contributed by atoms with E-state index in [9.17, 15) is 4.79 Å². The summed E-state index contributed by atoms with van der Waals surface area (Å²) in [4.78, 5) is 13.6. The molecule has 1 saturated heterocycles. The predicted molar refractivity (Wildman–Crippen MR) is 88.3 cm³/mol. The Morgan fingerprint density at radius 2 is 2.09 bits per heavy atom. The first-order valence-electron chi connectivity index (χ1n) is 7.66. The molecule has 0 aromatic heterocycles. The number of carbonyl (C=O) groups is 1. The molecule has 7 heteroatoms. The van der Waals surface area contributed by atoms with E-state index in [0.29, 0.717) is 11.7 Å². The van der Waals surface area contributed by atoms with Crippen LogP contribution < -0.4 is 14.8 Å². The van der Waals surface area contributed by atoms with E-state index in [0.717, 1.165) is 43.0 Å². The Hall–Kier alpha value is -2.02. The number of ether oxygens (including phenoxy) is 3. The molecule has 0 unspecified atom stereocenters. The maximum Gasteiger partial charge on any atom is 0.308 e. The second-order valence-corrected chi connectivity index (χ2v) is 6.02. The summed E-state index contributed by atoms with van der Waals surface area (Å²) in [6.07, 6.45) is 1.55. The SMILES string of the molecule is COC(=O)C1CCN(C(=S)NCc2ccc3c(c2)OCO3)CC1. The lowest BCUT2D eigenvalue weighted by Gasteiger charge is -2.32. The smallest absolute Gasteiger partial charge is 0.308 e. The third kappa shape index (κ3) is 3.67. The summed E-state index contributed by atoms with van der Waals surface area (Å²) in [5.41, 5.74) is 1.08. The van der Waals surface area contributed by atoms with Crippen molar-refractivity contribution in [1.82, 2.24) is 10.2 Å². The third-order valence-electron chi connectivity index (χ3n) is 4.20. The van der Waals surface area contributed by atoms with Crippen molar-refractivity contribution in [3.05, 3.63) is 23.8 Å². The summed E-state index contributed by atoms with van der Waals surface area (Å²) in [5.74, 6) is 1.42. The Bertz CT molecular complexity index is 600. The lowest BCUT2D eigenvalue weighted by molar-refractivity contribution is -0.146. The number of rotatable bonds is 3. The van der Waals surface area contributed by atoms with Crippen LogP contribution in [0.3, 0.4) is 0 Å². The third-order valence-corrected chi connectivity index (χ3v) is 4.60. The van der Waals surface area contributed by atoms with E-state index < -0.39 is 0 Å². The molecule has 3 rings (SSSR count). The average Bonchev–Trinajstić information content (AvgIpc) is 3.06. The number of thiocarbonyl (C=S) groups is 1. The van der Waals surface area contributed by atoms with Gasteiger partial charge in [0.25, 0.3) is 0 Å². The van der Waals surface area contributed by atoms with Gasteiger partial charge >= 0.3 is 5.97 Å². The van der Waals surface area contributed by atoms with Crippen molar-refractivity contribution < 1.29 is 19.0 Å². The molecule has 6 nitrogen and oxygen atoms in total. The van der Waals surface area contributed by atoms with Gasteiger partial charge < -0.3 is 24.4 Å². The monoisotopic (exact) mass is 336 g/mol. The van der Waals surface area contributed by atoms with Crippen LogP contribution in [0.25, 0.3) is 0 Å². The average molecular weight is 336 g/mol. The molecule has 1 fully saturated rings. The Balaban J connectivity index is 1.48. The summed E-state index contributed by atoms with van der Waals surface area (Å²) >= 11 is 5.45. The van der Waals surface area contributed by atoms with Gasteiger partial charge in [0.2, 0.25) is 6.79 Å². The first-order chi connectivity index (χ1) is 11.2. The molecular weight excluding hydrogens is 316 g/mol. The lowest BCUT2D eigenvalue weighted by Crippen LogP contribution is -2.45. The Labute approximate surface area is 140 Å². The number of esters is 1. The van der Waals surface area contributed by atoms with Gasteiger partial charge in [-0.2, -0.15) is 0 Å². The molecular formula is C16H20N2O4S. The maximum atomic E-state index is 11.5. The number of hydrogen-bond acceptors (Lipinski definition) is 5. The highest BCUT2D eigenvalue weighted by Gasteiger charge is 2.26. The van der Waals surface area contributed by atoms with Crippen molar-refractivity contribution in [1.29, 1.82) is 0 Å². The zero-order chi connectivity index (χ0) is 16.2. The minimum atomic E-state index is -0.121. The summed E-state index contributed by atoms with van der Waals surface area (Å²) in [6, 6.07) is 5.86. The van der Waals surface area contributed by atoms with Crippen LogP contribution >= 0.6 is 12.2 Å². The number of hydrogen-bond donors (Lipinski definition) is 1. The van der Waals surface area contributed by atoms with Gasteiger partial charge in [-0.1, -0.05) is 6.07 Å². The molecule has 2 aliphatic heterocycles. The summed E-state index contributed by atoms with van der Waals surface area (Å²) < 4.78 is 15.5. The fraction of sp³-hybridized carbons (Fsp3) is 0.500. The first kappa shape index (κ1) is 15.9. The normalized spacial score (nSPS) is 17.0. The number of fused-ring (bicyclic) bond motifs is 1. The van der Waals surface area contributed by atoms with Crippen molar-refractivity contribution in [2.24, 2.45) is 5.92 Å². The molecule has 0 saturated carbocycles. The minimum Gasteiger partial charge on any atom is -0.469 e. The van der Waals surface area contributed by atoms with Gasteiger partial charge in [0, 0.05) is 19.6 Å². The summed E-state index contributed by atoms with van der Waals surface area (Å²) in [7, 11) is 1.44. The number of piperidine rings is 1. The number of likely N-dealkylation sites (tertiary alicyclic amines) is 1. The van der Waals surface area contributed by atoms with E-state index in [-0.39, 0.29) is 18.7 Å². The summed E-state index contributed by atoms with van der Waals surface area (Å²) in [6.45, 7) is 2.45. The van der Waals surface area contributed by atoms with Crippen LogP contribution in [0.2, 0.25) is 0 Å². The highest BCUT2D eigenvalue weighted by molar-refractivity contribution is 7.80. The minimum absolute atomic E-state index is 0.00657. The zero-order valence-corrected chi connectivity index (χ0v) is 13.9. The molecule has 0 bridgehead atoms. The molecule has 1 aromatic rings. The van der Waals surface area contributed by atoms with Crippen LogP contribution in [-0.4, -0.2) is 43.0 Å². The van der Waals surface area contributed by atoms with E-state index in [1.165, 1.54) is 7.11 Å². The highest BCUT2D eigenvalue weighted by atomic mass is 32.1. The van der Waals surface area contributed by atoms with Gasteiger partial charge in [0.05, 0.1) is 13.0 Å². The van der Waals surface area contributed by atoms with Gasteiger partial charge in [-0.15, -0.1) is 0 Å². The molecule has 1 aromatic carbocycles. The zero-order valence-electron chi connectivity index (χ0n) is 13.0. The maximum absolute atomic E-state index is 11.5. The van der Waals surface area contributed by atoms with Gasteiger partial charge in [0.1, 0.15) is 0 Å². The molecule has 2 aliphatic rings. The molecule has 1 N–H and O–H groups in total. The fourth-order valence-corrected chi connectivity index (χ4v) is 3.08. The van der Waals surface area contributed by atoms with Crippen molar-refractivity contribution in [3.63, 3.8) is 0 Å². The topological polar surface area (TPSA) is 60.0 Å². The molecule has 0 spiro atoms. The van der Waals surface area contributed by atoms with Crippen molar-refractivity contribution in [2.75, 3.05) is 27.0 Å². The Morgan fingerprint density at radius 3 is 2.83 bits per heavy atom.